The van der Waals surface area contributed by atoms with E-state index in [0.717, 1.165) is 22.7 Å². The molecule has 110 valence electrons. The van der Waals surface area contributed by atoms with E-state index in [9.17, 15) is 4.79 Å². The van der Waals surface area contributed by atoms with Crippen molar-refractivity contribution >= 4 is 11.6 Å². The quantitative estimate of drug-likeness (QED) is 0.875. The highest BCUT2D eigenvalue weighted by Crippen LogP contribution is 2.28. The summed E-state index contributed by atoms with van der Waals surface area (Å²) in [6.45, 7) is 3.09. The predicted octanol–water partition coefficient (Wildman–Crippen LogP) is 1.39. The Hall–Kier alpha value is -2.34. The standard InChI is InChI=1S/C15H18N4O2/c1-10-12(9-17-19(10)2)18-15(20)14-11-5-3-4-6-13(11)21-8-7-16-14/h3-6,9,14,16H,7-8H2,1-2H3,(H,18,20). The van der Waals surface area contributed by atoms with Gasteiger partial charge in [-0.1, -0.05) is 18.2 Å². The molecular formula is C15H18N4O2. The lowest BCUT2D eigenvalue weighted by Gasteiger charge is -2.17. The van der Waals surface area contributed by atoms with Crippen LogP contribution in [-0.4, -0.2) is 28.8 Å². The van der Waals surface area contributed by atoms with Gasteiger partial charge in [0, 0.05) is 19.2 Å². The number of nitrogens with one attached hydrogen (secondary N) is 2. The van der Waals surface area contributed by atoms with Crippen LogP contribution in [0.5, 0.6) is 5.75 Å². The van der Waals surface area contributed by atoms with Crippen molar-refractivity contribution in [3.05, 3.63) is 41.7 Å². The number of fused-ring (bicyclic) bond motifs is 1. The minimum absolute atomic E-state index is 0.107. The molecule has 0 saturated heterocycles. The topological polar surface area (TPSA) is 68.2 Å². The van der Waals surface area contributed by atoms with Gasteiger partial charge in [0.15, 0.2) is 0 Å². The fourth-order valence-electron chi connectivity index (χ4n) is 2.38. The largest absolute Gasteiger partial charge is 0.492 e. The van der Waals surface area contributed by atoms with Crippen LogP contribution in [0, 0.1) is 6.92 Å². The molecule has 1 aliphatic rings. The van der Waals surface area contributed by atoms with Crippen molar-refractivity contribution in [3.8, 4) is 5.75 Å². The first-order valence-electron chi connectivity index (χ1n) is 6.91. The molecule has 0 fully saturated rings. The third kappa shape index (κ3) is 2.62. The van der Waals surface area contributed by atoms with Crippen LogP contribution in [-0.2, 0) is 11.8 Å². The molecule has 0 aliphatic carbocycles. The van der Waals surface area contributed by atoms with Crippen LogP contribution in [0.4, 0.5) is 5.69 Å². The summed E-state index contributed by atoms with van der Waals surface area (Å²) in [4.78, 5) is 12.6. The van der Waals surface area contributed by atoms with Crippen molar-refractivity contribution in [1.82, 2.24) is 15.1 Å². The van der Waals surface area contributed by atoms with Gasteiger partial charge in [0.05, 0.1) is 17.6 Å². The maximum absolute atomic E-state index is 12.6. The molecule has 6 heteroatoms. The highest BCUT2D eigenvalue weighted by atomic mass is 16.5. The van der Waals surface area contributed by atoms with Crippen LogP contribution >= 0.6 is 0 Å². The van der Waals surface area contributed by atoms with Crippen molar-refractivity contribution in [1.29, 1.82) is 0 Å². The molecule has 3 rings (SSSR count). The minimum atomic E-state index is -0.427. The normalized spacial score (nSPS) is 17.5. The Morgan fingerprint density at radius 1 is 1.48 bits per heavy atom. The molecule has 1 atom stereocenters. The Kier molecular flexibility index (Phi) is 3.62. The summed E-state index contributed by atoms with van der Waals surface area (Å²) in [5.41, 5.74) is 2.50. The molecule has 2 N–H and O–H groups in total. The van der Waals surface area contributed by atoms with Gasteiger partial charge >= 0.3 is 0 Å². The number of aryl methyl sites for hydroxylation is 1. The molecule has 2 heterocycles. The van der Waals surface area contributed by atoms with Gasteiger partial charge in [0.2, 0.25) is 5.91 Å². The van der Waals surface area contributed by atoms with Gasteiger partial charge < -0.3 is 10.1 Å². The van der Waals surface area contributed by atoms with Gasteiger partial charge in [-0.05, 0) is 13.0 Å². The summed E-state index contributed by atoms with van der Waals surface area (Å²) in [5, 5.41) is 10.3. The number of nitrogens with zero attached hydrogens (tertiary/aromatic N) is 2. The molecule has 0 spiro atoms. The number of amides is 1. The van der Waals surface area contributed by atoms with Crippen molar-refractivity contribution in [2.24, 2.45) is 7.05 Å². The molecule has 1 aromatic carbocycles. The van der Waals surface area contributed by atoms with E-state index in [1.165, 1.54) is 0 Å². The summed E-state index contributed by atoms with van der Waals surface area (Å²) in [7, 11) is 1.85. The summed E-state index contributed by atoms with van der Waals surface area (Å²) in [5.74, 6) is 0.648. The number of benzene rings is 1. The first kappa shape index (κ1) is 13.6. The Labute approximate surface area is 123 Å². The lowest BCUT2D eigenvalue weighted by molar-refractivity contribution is -0.118. The second-order valence-corrected chi connectivity index (χ2v) is 5.03. The predicted molar refractivity (Wildman–Crippen MR) is 79.3 cm³/mol. The number of ether oxygens (including phenoxy) is 1. The summed E-state index contributed by atoms with van der Waals surface area (Å²) in [6, 6.07) is 7.18. The van der Waals surface area contributed by atoms with Crippen LogP contribution in [0.2, 0.25) is 0 Å². The van der Waals surface area contributed by atoms with E-state index in [-0.39, 0.29) is 5.91 Å². The van der Waals surface area contributed by atoms with Crippen LogP contribution < -0.4 is 15.4 Å². The summed E-state index contributed by atoms with van der Waals surface area (Å²) >= 11 is 0. The van der Waals surface area contributed by atoms with E-state index in [0.29, 0.717) is 13.2 Å². The molecule has 1 aromatic heterocycles. The Morgan fingerprint density at radius 2 is 2.29 bits per heavy atom. The van der Waals surface area contributed by atoms with E-state index in [1.807, 2.05) is 38.2 Å². The molecular weight excluding hydrogens is 268 g/mol. The first-order chi connectivity index (χ1) is 10.2. The zero-order valence-electron chi connectivity index (χ0n) is 12.1. The number of hydrogen-bond acceptors (Lipinski definition) is 4. The number of para-hydroxylation sites is 1. The second-order valence-electron chi connectivity index (χ2n) is 5.03. The molecule has 21 heavy (non-hydrogen) atoms. The third-order valence-electron chi connectivity index (χ3n) is 3.69. The van der Waals surface area contributed by atoms with Crippen molar-refractivity contribution in [3.63, 3.8) is 0 Å². The number of aromatic nitrogens is 2. The van der Waals surface area contributed by atoms with Crippen LogP contribution in [0.3, 0.4) is 0 Å². The first-order valence-corrected chi connectivity index (χ1v) is 6.91. The average Bonchev–Trinajstić information content (AvgIpc) is 2.71. The lowest BCUT2D eigenvalue weighted by Crippen LogP contribution is -2.33. The Balaban J connectivity index is 1.86. The van der Waals surface area contributed by atoms with Crippen molar-refractivity contribution in [2.45, 2.75) is 13.0 Å². The minimum Gasteiger partial charge on any atom is -0.492 e. The number of carbonyl (C=O) groups is 1. The number of hydrogen-bond donors (Lipinski definition) is 2. The summed E-state index contributed by atoms with van der Waals surface area (Å²) < 4.78 is 7.38. The number of carbonyl (C=O) groups excluding carboxylic acids is 1. The van der Waals surface area contributed by atoms with Crippen LogP contribution in [0.25, 0.3) is 0 Å². The van der Waals surface area contributed by atoms with Crippen LogP contribution in [0.1, 0.15) is 17.3 Å². The van der Waals surface area contributed by atoms with E-state index in [4.69, 9.17) is 4.74 Å². The SMILES string of the molecule is Cc1c(NC(=O)C2NCCOc3ccccc32)cnn1C. The zero-order chi connectivity index (χ0) is 14.8. The van der Waals surface area contributed by atoms with Gasteiger partial charge in [0.1, 0.15) is 18.4 Å². The van der Waals surface area contributed by atoms with Gasteiger partial charge in [-0.3, -0.25) is 14.8 Å². The highest BCUT2D eigenvalue weighted by molar-refractivity contribution is 5.96. The second kappa shape index (κ2) is 5.57. The fourth-order valence-corrected chi connectivity index (χ4v) is 2.38. The molecule has 0 saturated carbocycles. The zero-order valence-corrected chi connectivity index (χ0v) is 12.1. The van der Waals surface area contributed by atoms with E-state index >= 15 is 0 Å². The third-order valence-corrected chi connectivity index (χ3v) is 3.69. The fraction of sp³-hybridized carbons (Fsp3) is 0.333. The maximum atomic E-state index is 12.6. The average molecular weight is 286 g/mol. The molecule has 0 bridgehead atoms. The maximum Gasteiger partial charge on any atom is 0.246 e. The van der Waals surface area contributed by atoms with Gasteiger partial charge in [-0.25, -0.2) is 0 Å². The monoisotopic (exact) mass is 286 g/mol. The Bertz CT molecular complexity index is 665. The van der Waals surface area contributed by atoms with Gasteiger partial charge in [-0.15, -0.1) is 0 Å². The molecule has 1 amide bonds. The molecule has 6 nitrogen and oxygen atoms in total. The number of rotatable bonds is 2. The smallest absolute Gasteiger partial charge is 0.246 e. The van der Waals surface area contributed by atoms with E-state index < -0.39 is 6.04 Å². The Morgan fingerprint density at radius 3 is 3.05 bits per heavy atom. The summed E-state index contributed by atoms with van der Waals surface area (Å²) in [6.07, 6.45) is 1.66. The van der Waals surface area contributed by atoms with Gasteiger partial charge in [0.25, 0.3) is 0 Å². The lowest BCUT2D eigenvalue weighted by atomic mass is 10.1. The molecule has 1 aliphatic heterocycles. The molecule has 0 radical (unpaired) electrons. The molecule has 2 aromatic rings. The van der Waals surface area contributed by atoms with Crippen molar-refractivity contribution < 1.29 is 9.53 Å². The van der Waals surface area contributed by atoms with Crippen molar-refractivity contribution in [2.75, 3.05) is 18.5 Å². The van der Waals surface area contributed by atoms with Crippen LogP contribution in [0.15, 0.2) is 30.5 Å². The van der Waals surface area contributed by atoms with Gasteiger partial charge in [-0.2, -0.15) is 5.10 Å². The van der Waals surface area contributed by atoms with E-state index in [2.05, 4.69) is 15.7 Å². The number of anilines is 1. The van der Waals surface area contributed by atoms with E-state index in [1.54, 1.807) is 10.9 Å². The highest BCUT2D eigenvalue weighted by Gasteiger charge is 2.26. The molecule has 1 unspecified atom stereocenters.